The van der Waals surface area contributed by atoms with Gasteiger partial charge in [-0.25, -0.2) is 0 Å². The van der Waals surface area contributed by atoms with Gasteiger partial charge in [-0.05, 0) is 60.5 Å². The van der Waals surface area contributed by atoms with E-state index in [0.717, 1.165) is 34.8 Å². The van der Waals surface area contributed by atoms with Crippen molar-refractivity contribution in [1.29, 1.82) is 0 Å². The topological polar surface area (TPSA) is 43.9 Å². The van der Waals surface area contributed by atoms with E-state index < -0.39 is 0 Å². The maximum atomic E-state index is 13.6. The smallest absolute Gasteiger partial charge is 0.265 e. The molecule has 200 valence electrons. The third-order valence-corrected chi connectivity index (χ3v) is 8.51. The lowest BCUT2D eigenvalue weighted by Crippen LogP contribution is -2.48. The normalized spacial score (nSPS) is 16.3. The Bertz CT molecular complexity index is 1540. The van der Waals surface area contributed by atoms with Gasteiger partial charge >= 0.3 is 0 Å². The van der Waals surface area contributed by atoms with Gasteiger partial charge in [0.2, 0.25) is 0 Å². The summed E-state index contributed by atoms with van der Waals surface area (Å²) < 4.78 is 0. The zero-order valence-electron chi connectivity index (χ0n) is 22.5. The van der Waals surface area contributed by atoms with Crippen LogP contribution in [0.4, 0.5) is 11.4 Å². The van der Waals surface area contributed by atoms with E-state index in [1.165, 1.54) is 23.0 Å². The molecule has 0 aliphatic carbocycles. The van der Waals surface area contributed by atoms with Gasteiger partial charge < -0.3 is 14.7 Å². The first-order valence-electron chi connectivity index (χ1n) is 13.6. The summed E-state index contributed by atoms with van der Waals surface area (Å²) in [7, 11) is 0. The summed E-state index contributed by atoms with van der Waals surface area (Å²) in [6.07, 6.45) is 1.93. The number of rotatable bonds is 5. The second-order valence-electron chi connectivity index (χ2n) is 10.2. The first-order valence-corrected chi connectivity index (χ1v) is 14.4. The molecule has 2 heterocycles. The molecule has 0 saturated carbocycles. The van der Waals surface area contributed by atoms with E-state index in [9.17, 15) is 9.59 Å². The van der Waals surface area contributed by atoms with Crippen LogP contribution >= 0.6 is 11.8 Å². The van der Waals surface area contributed by atoms with Crippen LogP contribution in [-0.4, -0.2) is 42.9 Å². The van der Waals surface area contributed by atoms with Crippen molar-refractivity contribution in [2.24, 2.45) is 0 Å². The first kappa shape index (κ1) is 26.0. The van der Waals surface area contributed by atoms with Gasteiger partial charge in [-0.1, -0.05) is 84.1 Å². The van der Waals surface area contributed by atoms with Crippen LogP contribution in [0.5, 0.6) is 0 Å². The molecule has 4 aromatic carbocycles. The van der Waals surface area contributed by atoms with Crippen molar-refractivity contribution in [3.05, 3.63) is 130 Å². The molecule has 6 rings (SSSR count). The molecule has 1 fully saturated rings. The number of amides is 2. The second kappa shape index (κ2) is 11.4. The van der Waals surface area contributed by atoms with Crippen LogP contribution in [0.1, 0.15) is 27.0 Å². The molecule has 0 N–H and O–H groups in total. The summed E-state index contributed by atoms with van der Waals surface area (Å²) in [5.41, 5.74) is 5.99. The van der Waals surface area contributed by atoms with Gasteiger partial charge in [0.1, 0.15) is 0 Å². The monoisotopic (exact) mass is 545 g/mol. The predicted molar refractivity (Wildman–Crippen MR) is 164 cm³/mol. The van der Waals surface area contributed by atoms with Gasteiger partial charge in [0.15, 0.2) is 0 Å². The zero-order valence-corrected chi connectivity index (χ0v) is 23.3. The molecule has 2 amide bonds. The minimum atomic E-state index is -0.0132. The summed E-state index contributed by atoms with van der Waals surface area (Å²) >= 11 is 1.50. The van der Waals surface area contributed by atoms with Gasteiger partial charge in [0, 0.05) is 42.3 Å². The number of nitrogens with zero attached hydrogens (tertiary/aromatic N) is 3. The maximum Gasteiger partial charge on any atom is 0.265 e. The Morgan fingerprint density at radius 2 is 1.48 bits per heavy atom. The minimum Gasteiger partial charge on any atom is -0.368 e. The Kier molecular flexibility index (Phi) is 7.43. The van der Waals surface area contributed by atoms with Crippen molar-refractivity contribution >= 4 is 41.0 Å². The predicted octanol–water partition coefficient (Wildman–Crippen LogP) is 6.64. The van der Waals surface area contributed by atoms with Crippen molar-refractivity contribution in [3.8, 4) is 0 Å². The van der Waals surface area contributed by atoms with Crippen LogP contribution < -0.4 is 9.80 Å². The van der Waals surface area contributed by atoms with Crippen LogP contribution in [0.3, 0.4) is 0 Å². The number of carbonyl (C=O) groups is 2. The number of carbonyl (C=O) groups excluding carboxylic acids is 2. The summed E-state index contributed by atoms with van der Waals surface area (Å²) in [6, 6.07) is 34.3. The number of para-hydroxylation sites is 2. The van der Waals surface area contributed by atoms with Gasteiger partial charge in [-0.2, -0.15) is 0 Å². The molecular formula is C34H31N3O2S. The molecule has 1 saturated heterocycles. The second-order valence-corrected chi connectivity index (χ2v) is 11.3. The van der Waals surface area contributed by atoms with Crippen molar-refractivity contribution in [2.75, 3.05) is 36.0 Å². The summed E-state index contributed by atoms with van der Waals surface area (Å²) in [5.74, 6) is 0.0361. The lowest BCUT2D eigenvalue weighted by atomic mass is 10.1. The van der Waals surface area contributed by atoms with Crippen LogP contribution in [-0.2, 0) is 11.3 Å². The van der Waals surface area contributed by atoms with Gasteiger partial charge in [0.25, 0.3) is 11.8 Å². The summed E-state index contributed by atoms with van der Waals surface area (Å²) in [6.45, 7) is 5.61. The number of fused-ring (bicyclic) bond motifs is 1. The highest BCUT2D eigenvalue weighted by Crippen LogP contribution is 2.42. The molecule has 2 aliphatic heterocycles. The lowest BCUT2D eigenvalue weighted by molar-refractivity contribution is -0.114. The fourth-order valence-corrected chi connectivity index (χ4v) is 6.22. The van der Waals surface area contributed by atoms with Crippen molar-refractivity contribution in [3.63, 3.8) is 0 Å². The number of benzene rings is 4. The SMILES string of the molecule is Cc1ccc(CN2C(=O)/C(=C\c3ccc(C(=O)N4CCN(c5ccccc5)CC4)cc3)Sc3ccccc32)cc1. The number of hydrogen-bond donors (Lipinski definition) is 0. The molecule has 5 nitrogen and oxygen atoms in total. The molecule has 2 aliphatic rings. The Balaban J connectivity index is 1.16. The van der Waals surface area contributed by atoms with Crippen LogP contribution in [0.15, 0.2) is 113 Å². The molecule has 4 aromatic rings. The van der Waals surface area contributed by atoms with Gasteiger partial charge in [-0.15, -0.1) is 0 Å². The van der Waals surface area contributed by atoms with Crippen molar-refractivity contribution < 1.29 is 9.59 Å². The standard InChI is InChI=1S/C34H31N3O2S/c1-25-11-13-27(14-12-25)24-37-30-9-5-6-10-31(30)40-32(34(37)39)23-26-15-17-28(18-16-26)33(38)36-21-19-35(20-22-36)29-7-3-2-4-8-29/h2-18,23H,19-22,24H2,1H3/b32-23+. The molecule has 0 bridgehead atoms. The average Bonchev–Trinajstić information content (AvgIpc) is 3.01. The third-order valence-electron chi connectivity index (χ3n) is 7.44. The Morgan fingerprint density at radius 3 is 2.20 bits per heavy atom. The number of anilines is 2. The van der Waals surface area contributed by atoms with Gasteiger partial charge in [0.05, 0.1) is 17.1 Å². The largest absolute Gasteiger partial charge is 0.368 e. The van der Waals surface area contributed by atoms with E-state index in [2.05, 4.69) is 54.3 Å². The number of piperazine rings is 1. The average molecular weight is 546 g/mol. The fraction of sp³-hybridized carbons (Fsp3) is 0.176. The first-order chi connectivity index (χ1) is 19.5. The van der Waals surface area contributed by atoms with E-state index in [-0.39, 0.29) is 11.8 Å². The zero-order chi connectivity index (χ0) is 27.5. The van der Waals surface area contributed by atoms with Crippen LogP contribution in [0.25, 0.3) is 6.08 Å². The Hall–Kier alpha value is -4.29. The number of thioether (sulfide) groups is 1. The van der Waals surface area contributed by atoms with Gasteiger partial charge in [-0.3, -0.25) is 9.59 Å². The molecule has 0 spiro atoms. The maximum absolute atomic E-state index is 13.6. The van der Waals surface area contributed by atoms with E-state index in [4.69, 9.17) is 0 Å². The summed E-state index contributed by atoms with van der Waals surface area (Å²) in [5, 5.41) is 0. The van der Waals surface area contributed by atoms with Crippen LogP contribution in [0.2, 0.25) is 0 Å². The highest BCUT2D eigenvalue weighted by atomic mass is 32.2. The van der Waals surface area contributed by atoms with E-state index in [0.29, 0.717) is 30.1 Å². The number of hydrogen-bond acceptors (Lipinski definition) is 4. The lowest BCUT2D eigenvalue weighted by Gasteiger charge is -2.36. The molecular weight excluding hydrogens is 514 g/mol. The Labute approximate surface area is 239 Å². The van der Waals surface area contributed by atoms with E-state index in [1.807, 2.05) is 76.5 Å². The molecule has 0 unspecified atom stereocenters. The fourth-order valence-electron chi connectivity index (χ4n) is 5.16. The minimum absolute atomic E-state index is 0.0132. The third kappa shape index (κ3) is 5.54. The number of aryl methyl sites for hydroxylation is 1. The molecule has 6 heteroatoms. The molecule has 40 heavy (non-hydrogen) atoms. The quantitative estimate of drug-likeness (QED) is 0.264. The van der Waals surface area contributed by atoms with E-state index >= 15 is 0 Å². The highest BCUT2D eigenvalue weighted by molar-refractivity contribution is 8.04. The van der Waals surface area contributed by atoms with Crippen molar-refractivity contribution in [1.82, 2.24) is 4.90 Å². The molecule has 0 aromatic heterocycles. The van der Waals surface area contributed by atoms with Crippen LogP contribution in [0, 0.1) is 6.92 Å². The van der Waals surface area contributed by atoms with E-state index in [1.54, 1.807) is 0 Å². The summed E-state index contributed by atoms with van der Waals surface area (Å²) in [4.78, 5) is 34.7. The van der Waals surface area contributed by atoms with Crippen molar-refractivity contribution in [2.45, 2.75) is 18.4 Å². The molecule has 0 atom stereocenters. The highest BCUT2D eigenvalue weighted by Gasteiger charge is 2.29. The Morgan fingerprint density at radius 1 is 0.800 bits per heavy atom. The molecule has 0 radical (unpaired) electrons.